The average Bonchev–Trinajstić information content (AvgIpc) is 3.65. The zero-order valence-corrected chi connectivity index (χ0v) is 25.0. The second kappa shape index (κ2) is 10.3. The predicted octanol–water partition coefficient (Wildman–Crippen LogP) is 11.1. The van der Waals surface area contributed by atoms with Crippen LogP contribution in [0.15, 0.2) is 133 Å². The van der Waals surface area contributed by atoms with E-state index >= 15 is 0 Å². The summed E-state index contributed by atoms with van der Waals surface area (Å²) in [5, 5.41) is 5.19. The lowest BCUT2D eigenvalue weighted by Crippen LogP contribution is -2.05. The van der Waals surface area contributed by atoms with Crippen molar-refractivity contribution in [1.29, 1.82) is 0 Å². The normalized spacial score (nSPS) is 15.1. The van der Waals surface area contributed by atoms with E-state index in [1.165, 1.54) is 48.4 Å². The third kappa shape index (κ3) is 4.10. The highest BCUT2D eigenvalue weighted by Crippen LogP contribution is 2.43. The molecule has 4 heteroatoms. The highest BCUT2D eigenvalue weighted by atomic mass is 32.1. The first-order valence-corrected chi connectivity index (χ1v) is 16.2. The molecule has 44 heavy (non-hydrogen) atoms. The Morgan fingerprint density at radius 3 is 2.27 bits per heavy atom. The number of rotatable bonds is 4. The Hall–Kier alpha value is -5.06. The Morgan fingerprint density at radius 2 is 1.43 bits per heavy atom. The summed E-state index contributed by atoms with van der Waals surface area (Å²) in [5.41, 5.74) is 7.85. The molecule has 1 atom stereocenters. The second-order valence-corrected chi connectivity index (χ2v) is 12.7. The van der Waals surface area contributed by atoms with E-state index in [4.69, 9.17) is 9.97 Å². The van der Waals surface area contributed by atoms with Crippen LogP contribution >= 0.6 is 11.3 Å². The molecule has 0 fully saturated rings. The Labute approximate surface area is 259 Å². The van der Waals surface area contributed by atoms with Gasteiger partial charge in [-0.1, -0.05) is 91.0 Å². The van der Waals surface area contributed by atoms with Crippen LogP contribution < -0.4 is 0 Å². The molecule has 3 heterocycles. The monoisotopic (exact) mass is 583 g/mol. The molecule has 0 aliphatic heterocycles. The number of nitrogens with zero attached hydrogens (tertiary/aromatic N) is 3. The summed E-state index contributed by atoms with van der Waals surface area (Å²) in [6.45, 7) is 0. The molecule has 210 valence electrons. The molecule has 3 nitrogen and oxygen atoms in total. The minimum atomic E-state index is 0.327. The van der Waals surface area contributed by atoms with Crippen LogP contribution in [-0.2, 0) is 0 Å². The fourth-order valence-corrected chi connectivity index (χ4v) is 8.10. The van der Waals surface area contributed by atoms with Crippen molar-refractivity contribution >= 4 is 53.3 Å². The van der Waals surface area contributed by atoms with Crippen molar-refractivity contribution in [3.8, 4) is 28.3 Å². The summed E-state index contributed by atoms with van der Waals surface area (Å²) in [7, 11) is 0. The fraction of sp³-hybridized carbons (Fsp3) is 0.100. The smallest absolute Gasteiger partial charge is 0.160 e. The van der Waals surface area contributed by atoms with Gasteiger partial charge in [0.15, 0.2) is 5.82 Å². The summed E-state index contributed by atoms with van der Waals surface area (Å²) in [6, 6.07) is 43.6. The number of allylic oxidation sites excluding steroid dienone is 2. The summed E-state index contributed by atoms with van der Waals surface area (Å²) >= 11 is 1.88. The van der Waals surface area contributed by atoms with E-state index in [2.05, 4.69) is 138 Å². The zero-order chi connectivity index (χ0) is 29.0. The van der Waals surface area contributed by atoms with Crippen LogP contribution in [-0.4, -0.2) is 14.5 Å². The molecule has 1 aliphatic carbocycles. The van der Waals surface area contributed by atoms with Crippen LogP contribution in [0.3, 0.4) is 0 Å². The number of para-hydroxylation sites is 1. The first-order chi connectivity index (χ1) is 21.8. The number of hydrogen-bond donors (Lipinski definition) is 0. The van der Waals surface area contributed by atoms with Gasteiger partial charge in [0.2, 0.25) is 0 Å². The third-order valence-corrected chi connectivity index (χ3v) is 10.2. The van der Waals surface area contributed by atoms with Crippen molar-refractivity contribution in [3.63, 3.8) is 0 Å². The number of thiophene rings is 1. The van der Waals surface area contributed by atoms with Crippen molar-refractivity contribution in [1.82, 2.24) is 14.5 Å². The molecule has 0 saturated carbocycles. The molecule has 5 aromatic carbocycles. The van der Waals surface area contributed by atoms with Gasteiger partial charge in [0.1, 0.15) is 0 Å². The maximum absolute atomic E-state index is 5.14. The Kier molecular flexibility index (Phi) is 5.95. The van der Waals surface area contributed by atoms with Crippen LogP contribution in [0.1, 0.15) is 30.9 Å². The molecule has 0 N–H and O–H groups in total. The molecule has 1 aliphatic rings. The quantitative estimate of drug-likeness (QED) is 0.193. The maximum Gasteiger partial charge on any atom is 0.160 e. The van der Waals surface area contributed by atoms with E-state index in [0.29, 0.717) is 5.92 Å². The van der Waals surface area contributed by atoms with Gasteiger partial charge < -0.3 is 4.57 Å². The van der Waals surface area contributed by atoms with Gasteiger partial charge in [-0.05, 0) is 61.7 Å². The van der Waals surface area contributed by atoms with E-state index in [-0.39, 0.29) is 0 Å². The van der Waals surface area contributed by atoms with E-state index in [1.807, 2.05) is 11.3 Å². The first-order valence-electron chi connectivity index (χ1n) is 15.4. The van der Waals surface area contributed by atoms with Gasteiger partial charge in [-0.3, -0.25) is 0 Å². The molecule has 8 aromatic rings. The van der Waals surface area contributed by atoms with Crippen molar-refractivity contribution in [3.05, 3.63) is 139 Å². The standard InChI is InChI=1S/C40H29N3S/c1-3-11-26(12-4-1)34-25-35(27-13-5-2-6-14-27)42-40(41-34)28-19-21-29(22-20-28)43-36-17-9-7-15-30(36)32-23-24-33-31-16-8-10-18-37(31)44-39(33)38(32)43/h1,3-5,7-13,15-25,27H,2,6,14H2. The van der Waals surface area contributed by atoms with E-state index in [9.17, 15) is 0 Å². The molecule has 0 bridgehead atoms. The van der Waals surface area contributed by atoms with Gasteiger partial charge in [-0.15, -0.1) is 11.3 Å². The minimum absolute atomic E-state index is 0.327. The zero-order valence-electron chi connectivity index (χ0n) is 24.2. The van der Waals surface area contributed by atoms with E-state index < -0.39 is 0 Å². The largest absolute Gasteiger partial charge is 0.308 e. The summed E-state index contributed by atoms with van der Waals surface area (Å²) in [5.74, 6) is 1.11. The molecular weight excluding hydrogens is 555 g/mol. The maximum atomic E-state index is 5.14. The van der Waals surface area contributed by atoms with E-state index in [1.54, 1.807) is 0 Å². The SMILES string of the molecule is C1=CC(c2cc(-c3ccccc3)nc(-c3ccc(-n4c5ccccc5c5ccc6c7ccccc7sc6c54)cc3)n2)CCC1. The second-order valence-electron chi connectivity index (χ2n) is 11.7. The van der Waals surface area contributed by atoms with Crippen molar-refractivity contribution in [2.45, 2.75) is 25.2 Å². The van der Waals surface area contributed by atoms with Crippen LogP contribution in [0.4, 0.5) is 0 Å². The van der Waals surface area contributed by atoms with Crippen LogP contribution in [0.25, 0.3) is 70.3 Å². The molecule has 0 radical (unpaired) electrons. The Balaban J connectivity index is 1.22. The predicted molar refractivity (Wildman–Crippen MR) is 186 cm³/mol. The van der Waals surface area contributed by atoms with Gasteiger partial charge in [0.05, 0.1) is 27.1 Å². The number of hydrogen-bond acceptors (Lipinski definition) is 3. The highest BCUT2D eigenvalue weighted by molar-refractivity contribution is 7.26. The first kappa shape index (κ1) is 25.4. The minimum Gasteiger partial charge on any atom is -0.308 e. The van der Waals surface area contributed by atoms with Crippen LogP contribution in [0, 0.1) is 0 Å². The van der Waals surface area contributed by atoms with Crippen molar-refractivity contribution in [2.24, 2.45) is 0 Å². The lowest BCUT2D eigenvalue weighted by Gasteiger charge is -2.18. The van der Waals surface area contributed by atoms with Crippen LogP contribution in [0.5, 0.6) is 0 Å². The van der Waals surface area contributed by atoms with Crippen molar-refractivity contribution < 1.29 is 0 Å². The molecular formula is C40H29N3S. The molecule has 0 saturated heterocycles. The molecule has 1 unspecified atom stereocenters. The topological polar surface area (TPSA) is 30.7 Å². The van der Waals surface area contributed by atoms with Gasteiger partial charge >= 0.3 is 0 Å². The summed E-state index contributed by atoms with van der Waals surface area (Å²) in [4.78, 5) is 10.2. The number of aromatic nitrogens is 3. The number of benzene rings is 5. The van der Waals surface area contributed by atoms with Gasteiger partial charge in [-0.25, -0.2) is 9.97 Å². The summed E-state index contributed by atoms with van der Waals surface area (Å²) in [6.07, 6.45) is 8.09. The molecule has 0 amide bonds. The summed E-state index contributed by atoms with van der Waals surface area (Å²) < 4.78 is 5.08. The van der Waals surface area contributed by atoms with Crippen molar-refractivity contribution in [2.75, 3.05) is 0 Å². The molecule has 3 aromatic heterocycles. The molecule has 0 spiro atoms. The molecule has 9 rings (SSSR count). The van der Waals surface area contributed by atoms with Crippen LogP contribution in [0.2, 0.25) is 0 Å². The fourth-order valence-electron chi connectivity index (χ4n) is 6.86. The van der Waals surface area contributed by atoms with E-state index in [0.717, 1.165) is 46.9 Å². The third-order valence-electron chi connectivity index (χ3n) is 9.01. The average molecular weight is 584 g/mol. The Morgan fingerprint density at radius 1 is 0.659 bits per heavy atom. The van der Waals surface area contributed by atoms with Gasteiger partial charge in [0, 0.05) is 49.0 Å². The lowest BCUT2D eigenvalue weighted by molar-refractivity contribution is 0.640. The Bertz CT molecular complexity index is 2360. The highest BCUT2D eigenvalue weighted by Gasteiger charge is 2.19. The van der Waals surface area contributed by atoms with Gasteiger partial charge in [-0.2, -0.15) is 0 Å². The number of fused-ring (bicyclic) bond motifs is 7. The van der Waals surface area contributed by atoms with Gasteiger partial charge in [0.25, 0.3) is 0 Å². The lowest BCUT2D eigenvalue weighted by atomic mass is 9.92.